The summed E-state index contributed by atoms with van der Waals surface area (Å²) in [6.07, 6.45) is 1.94. The fraction of sp³-hybridized carbons (Fsp3) is 0.212. The first-order valence-corrected chi connectivity index (χ1v) is 14.8. The average Bonchev–Trinajstić information content (AvgIpc) is 3.41. The molecule has 1 aliphatic heterocycles. The molecular weight excluding hydrogens is 530 g/mol. The summed E-state index contributed by atoms with van der Waals surface area (Å²) in [5.74, 6) is 0.708. The molecule has 0 fully saturated rings. The third-order valence-corrected chi connectivity index (χ3v) is 8.61. The van der Waals surface area contributed by atoms with Crippen molar-refractivity contribution >= 4 is 40.0 Å². The molecule has 1 aliphatic rings. The molecule has 206 valence electrons. The standard InChI is InChI=1S/C33H31N5O2S/c1-22-10-7-18-28(23(22)2)38-30(20-34-32(40)27-16-8-13-24-11-3-5-15-26(24)27)35-36-33(38)41-21-31(39)37-19-9-14-25-12-4-6-17-29(25)37/h3-8,10-13,15-18H,9,14,19-21H2,1-2H3,(H,34,40). The molecule has 0 saturated carbocycles. The molecule has 0 spiro atoms. The molecule has 0 saturated heterocycles. The van der Waals surface area contributed by atoms with Crippen LogP contribution >= 0.6 is 11.8 Å². The van der Waals surface area contributed by atoms with E-state index in [1.54, 1.807) is 0 Å². The number of amides is 2. The first-order valence-electron chi connectivity index (χ1n) is 13.8. The Labute approximate surface area is 243 Å². The second-order valence-corrected chi connectivity index (χ2v) is 11.2. The monoisotopic (exact) mass is 561 g/mol. The van der Waals surface area contributed by atoms with Crippen molar-refractivity contribution in [3.8, 4) is 5.69 Å². The van der Waals surface area contributed by atoms with Crippen LogP contribution in [-0.4, -0.2) is 38.9 Å². The molecule has 0 aliphatic carbocycles. The Morgan fingerprint density at radius 3 is 2.54 bits per heavy atom. The minimum absolute atomic E-state index is 0.0449. The summed E-state index contributed by atoms with van der Waals surface area (Å²) >= 11 is 1.37. The van der Waals surface area contributed by atoms with Gasteiger partial charge in [0.15, 0.2) is 11.0 Å². The van der Waals surface area contributed by atoms with Gasteiger partial charge in [-0.1, -0.05) is 78.5 Å². The Morgan fingerprint density at radius 2 is 1.63 bits per heavy atom. The highest BCUT2D eigenvalue weighted by Crippen LogP contribution is 2.30. The number of hydrogen-bond acceptors (Lipinski definition) is 5. The van der Waals surface area contributed by atoms with Gasteiger partial charge in [0.05, 0.1) is 18.0 Å². The quantitative estimate of drug-likeness (QED) is 0.245. The molecule has 8 heteroatoms. The molecule has 2 heterocycles. The Bertz CT molecular complexity index is 1760. The van der Waals surface area contributed by atoms with Crippen molar-refractivity contribution in [3.63, 3.8) is 0 Å². The number of thioether (sulfide) groups is 1. The van der Waals surface area contributed by atoms with Crippen LogP contribution in [-0.2, 0) is 17.8 Å². The van der Waals surface area contributed by atoms with E-state index < -0.39 is 0 Å². The van der Waals surface area contributed by atoms with E-state index in [0.29, 0.717) is 23.1 Å². The summed E-state index contributed by atoms with van der Waals surface area (Å²) in [6.45, 7) is 5.03. The zero-order valence-corrected chi connectivity index (χ0v) is 23.9. The van der Waals surface area contributed by atoms with Crippen molar-refractivity contribution in [2.24, 2.45) is 0 Å². The molecule has 6 rings (SSSR count). The lowest BCUT2D eigenvalue weighted by Crippen LogP contribution is -2.36. The van der Waals surface area contributed by atoms with Gasteiger partial charge < -0.3 is 10.2 Å². The van der Waals surface area contributed by atoms with Crippen molar-refractivity contribution in [1.82, 2.24) is 20.1 Å². The van der Waals surface area contributed by atoms with Gasteiger partial charge in [-0.3, -0.25) is 14.2 Å². The Morgan fingerprint density at radius 1 is 0.878 bits per heavy atom. The van der Waals surface area contributed by atoms with Gasteiger partial charge in [0.2, 0.25) is 5.91 Å². The Balaban J connectivity index is 1.26. The molecule has 5 aromatic rings. The Hall–Kier alpha value is -4.43. The van der Waals surface area contributed by atoms with Crippen LogP contribution in [0.2, 0.25) is 0 Å². The van der Waals surface area contributed by atoms with E-state index in [-0.39, 0.29) is 24.1 Å². The lowest BCUT2D eigenvalue weighted by Gasteiger charge is -2.29. The Kier molecular flexibility index (Phi) is 7.57. The maximum atomic E-state index is 13.4. The van der Waals surface area contributed by atoms with Crippen molar-refractivity contribution < 1.29 is 9.59 Å². The van der Waals surface area contributed by atoms with Crippen LogP contribution in [0.1, 0.15) is 39.3 Å². The van der Waals surface area contributed by atoms with Crippen molar-refractivity contribution in [3.05, 3.63) is 113 Å². The molecule has 41 heavy (non-hydrogen) atoms. The van der Waals surface area contributed by atoms with Crippen LogP contribution in [0.5, 0.6) is 0 Å². The summed E-state index contributed by atoms with van der Waals surface area (Å²) in [6, 6.07) is 27.8. The normalized spacial score (nSPS) is 12.8. The average molecular weight is 562 g/mol. The molecule has 0 radical (unpaired) electrons. The highest BCUT2D eigenvalue weighted by molar-refractivity contribution is 7.99. The fourth-order valence-corrected chi connectivity index (χ4v) is 6.24. The molecule has 0 atom stereocenters. The molecule has 0 bridgehead atoms. The van der Waals surface area contributed by atoms with E-state index in [0.717, 1.165) is 46.1 Å². The second kappa shape index (κ2) is 11.6. The third kappa shape index (κ3) is 5.35. The van der Waals surface area contributed by atoms with E-state index in [2.05, 4.69) is 41.5 Å². The minimum atomic E-state index is -0.176. The van der Waals surface area contributed by atoms with Crippen LogP contribution < -0.4 is 10.2 Å². The largest absolute Gasteiger partial charge is 0.345 e. The van der Waals surface area contributed by atoms with E-state index in [1.165, 1.54) is 17.3 Å². The van der Waals surface area contributed by atoms with Gasteiger partial charge in [-0.05, 0) is 72.4 Å². The van der Waals surface area contributed by atoms with Crippen LogP contribution in [0.15, 0.2) is 90.1 Å². The lowest BCUT2D eigenvalue weighted by molar-refractivity contribution is -0.116. The van der Waals surface area contributed by atoms with E-state index in [9.17, 15) is 9.59 Å². The van der Waals surface area contributed by atoms with E-state index >= 15 is 0 Å². The number of para-hydroxylation sites is 1. The smallest absolute Gasteiger partial charge is 0.252 e. The maximum absolute atomic E-state index is 13.4. The maximum Gasteiger partial charge on any atom is 0.252 e. The predicted octanol–water partition coefficient (Wildman–Crippen LogP) is 6.04. The highest BCUT2D eigenvalue weighted by Gasteiger charge is 2.24. The zero-order valence-electron chi connectivity index (χ0n) is 23.1. The number of benzene rings is 4. The molecule has 7 nitrogen and oxygen atoms in total. The number of hydrogen-bond donors (Lipinski definition) is 1. The number of nitrogens with zero attached hydrogens (tertiary/aromatic N) is 4. The molecule has 1 N–H and O–H groups in total. The van der Waals surface area contributed by atoms with Crippen LogP contribution in [0.3, 0.4) is 0 Å². The van der Waals surface area contributed by atoms with Gasteiger partial charge in [-0.2, -0.15) is 0 Å². The first-order chi connectivity index (χ1) is 20.0. The van der Waals surface area contributed by atoms with Gasteiger partial charge in [-0.15, -0.1) is 10.2 Å². The third-order valence-electron chi connectivity index (χ3n) is 7.69. The molecular formula is C33H31N5O2S. The highest BCUT2D eigenvalue weighted by atomic mass is 32.2. The number of rotatable bonds is 7. The first kappa shape index (κ1) is 26.8. The zero-order chi connectivity index (χ0) is 28.3. The van der Waals surface area contributed by atoms with Crippen LogP contribution in [0.25, 0.3) is 16.5 Å². The fourth-order valence-electron chi connectivity index (χ4n) is 5.40. The number of aryl methyl sites for hydroxylation is 2. The second-order valence-electron chi connectivity index (χ2n) is 10.2. The van der Waals surface area contributed by atoms with Crippen molar-refractivity contribution in [2.45, 2.75) is 38.4 Å². The van der Waals surface area contributed by atoms with Gasteiger partial charge in [0.1, 0.15) is 0 Å². The van der Waals surface area contributed by atoms with Gasteiger partial charge >= 0.3 is 0 Å². The molecule has 1 aromatic heterocycles. The topological polar surface area (TPSA) is 80.1 Å². The number of fused-ring (bicyclic) bond motifs is 2. The predicted molar refractivity (Wildman–Crippen MR) is 164 cm³/mol. The van der Waals surface area contributed by atoms with Crippen LogP contribution in [0, 0.1) is 13.8 Å². The summed E-state index contributed by atoms with van der Waals surface area (Å²) in [5.41, 5.74) is 5.98. The van der Waals surface area contributed by atoms with Gasteiger partial charge in [-0.25, -0.2) is 0 Å². The number of aromatic nitrogens is 3. The molecule has 2 amide bonds. The summed E-state index contributed by atoms with van der Waals surface area (Å²) in [7, 11) is 0. The van der Waals surface area contributed by atoms with E-state index in [4.69, 9.17) is 0 Å². The number of nitrogens with one attached hydrogen (secondary N) is 1. The van der Waals surface area contributed by atoms with Crippen molar-refractivity contribution in [2.75, 3.05) is 17.2 Å². The minimum Gasteiger partial charge on any atom is -0.345 e. The molecule has 0 unspecified atom stereocenters. The van der Waals surface area contributed by atoms with Gasteiger partial charge in [0, 0.05) is 17.8 Å². The van der Waals surface area contributed by atoms with Crippen LogP contribution in [0.4, 0.5) is 5.69 Å². The van der Waals surface area contributed by atoms with Gasteiger partial charge in [0.25, 0.3) is 5.91 Å². The number of carbonyl (C=O) groups is 2. The molecule has 4 aromatic carbocycles. The summed E-state index contributed by atoms with van der Waals surface area (Å²) < 4.78 is 1.97. The lowest BCUT2D eigenvalue weighted by atomic mass is 10.0. The van der Waals surface area contributed by atoms with Crippen molar-refractivity contribution in [1.29, 1.82) is 0 Å². The summed E-state index contributed by atoms with van der Waals surface area (Å²) in [4.78, 5) is 28.5. The summed E-state index contributed by atoms with van der Waals surface area (Å²) in [5, 5.41) is 14.5. The number of anilines is 1. The SMILES string of the molecule is Cc1cccc(-n2c(CNC(=O)c3cccc4ccccc34)nnc2SCC(=O)N2CCCc3ccccc32)c1C. The number of carbonyl (C=O) groups excluding carboxylic acids is 2. The van der Waals surface area contributed by atoms with E-state index in [1.807, 2.05) is 82.3 Å².